The molecule has 0 aromatic carbocycles. The summed E-state index contributed by atoms with van der Waals surface area (Å²) < 4.78 is 0. The van der Waals surface area contributed by atoms with E-state index in [1.807, 2.05) is 0 Å². The lowest BCUT2D eigenvalue weighted by molar-refractivity contribution is -0.0913. The Kier molecular flexibility index (Phi) is 4.55. The molecule has 0 amide bonds. The number of aliphatic hydroxyl groups is 1. The highest BCUT2D eigenvalue weighted by Crippen LogP contribution is 2.10. The highest BCUT2D eigenvalue weighted by molar-refractivity contribution is 4.78. The van der Waals surface area contributed by atoms with Crippen LogP contribution in [0, 0.1) is 0 Å². The van der Waals surface area contributed by atoms with E-state index in [1.54, 1.807) is 0 Å². The van der Waals surface area contributed by atoms with E-state index in [-0.39, 0.29) is 6.61 Å². The first-order valence-corrected chi connectivity index (χ1v) is 6.36. The molecular formula is C11H24N4O. The number of nitrogens with one attached hydrogen (secondary N) is 1. The van der Waals surface area contributed by atoms with Gasteiger partial charge in [-0.25, -0.2) is 10.0 Å². The second-order valence-electron chi connectivity index (χ2n) is 4.74. The molecule has 16 heavy (non-hydrogen) atoms. The molecule has 5 nitrogen and oxygen atoms in total. The molecule has 2 N–H and O–H groups in total. The van der Waals surface area contributed by atoms with Crippen LogP contribution in [0.1, 0.15) is 6.92 Å². The molecule has 94 valence electrons. The molecule has 2 aliphatic rings. The summed E-state index contributed by atoms with van der Waals surface area (Å²) in [6, 6.07) is 0.609. The lowest BCUT2D eigenvalue weighted by Gasteiger charge is -2.45. The maximum atomic E-state index is 8.90. The van der Waals surface area contributed by atoms with Crippen molar-refractivity contribution in [2.75, 3.05) is 59.0 Å². The predicted octanol–water partition coefficient (Wildman–Crippen LogP) is -1.19. The van der Waals surface area contributed by atoms with E-state index in [0.717, 1.165) is 52.4 Å². The van der Waals surface area contributed by atoms with Gasteiger partial charge in [-0.05, 0) is 6.92 Å². The number of hydrazine groups is 1. The van der Waals surface area contributed by atoms with Gasteiger partial charge in [-0.2, -0.15) is 0 Å². The van der Waals surface area contributed by atoms with Gasteiger partial charge in [0.2, 0.25) is 0 Å². The van der Waals surface area contributed by atoms with Crippen molar-refractivity contribution in [3.63, 3.8) is 0 Å². The first kappa shape index (κ1) is 12.3. The third-order valence-corrected chi connectivity index (χ3v) is 3.59. The molecule has 2 rings (SSSR count). The standard InChI is InChI=1S/C11H24N4O/c1-11-10-12-2-3-15(11)14-6-4-13(5-7-14)8-9-16/h11-12,16H,2-10H2,1H3. The average Bonchev–Trinajstić information content (AvgIpc) is 2.31. The molecule has 0 saturated carbocycles. The fourth-order valence-corrected chi connectivity index (χ4v) is 2.61. The van der Waals surface area contributed by atoms with Crippen molar-refractivity contribution >= 4 is 0 Å². The molecule has 0 aromatic rings. The molecule has 2 saturated heterocycles. The van der Waals surface area contributed by atoms with Gasteiger partial charge in [0.05, 0.1) is 6.61 Å². The first-order valence-electron chi connectivity index (χ1n) is 6.36. The number of hydrogen-bond donors (Lipinski definition) is 2. The molecular weight excluding hydrogens is 204 g/mol. The molecule has 2 fully saturated rings. The summed E-state index contributed by atoms with van der Waals surface area (Å²) >= 11 is 0. The summed E-state index contributed by atoms with van der Waals surface area (Å²) in [5, 5.41) is 17.3. The number of β-amino-alcohol motifs (C(OH)–C–C–N with tert-alkyl or cyclic N) is 1. The van der Waals surface area contributed by atoms with Crippen molar-refractivity contribution in [1.29, 1.82) is 0 Å². The van der Waals surface area contributed by atoms with Gasteiger partial charge in [-0.1, -0.05) is 0 Å². The van der Waals surface area contributed by atoms with Crippen molar-refractivity contribution in [3.05, 3.63) is 0 Å². The summed E-state index contributed by atoms with van der Waals surface area (Å²) in [5.41, 5.74) is 0. The summed E-state index contributed by atoms with van der Waals surface area (Å²) in [6.07, 6.45) is 0. The first-order chi connectivity index (χ1) is 7.81. The molecule has 0 aliphatic carbocycles. The maximum Gasteiger partial charge on any atom is 0.0558 e. The van der Waals surface area contributed by atoms with E-state index in [2.05, 4.69) is 27.2 Å². The number of hydrogen-bond acceptors (Lipinski definition) is 5. The van der Waals surface area contributed by atoms with Crippen molar-refractivity contribution in [2.45, 2.75) is 13.0 Å². The Hall–Kier alpha value is -0.200. The largest absolute Gasteiger partial charge is 0.395 e. The summed E-state index contributed by atoms with van der Waals surface area (Å²) in [7, 11) is 0. The second kappa shape index (κ2) is 5.93. The van der Waals surface area contributed by atoms with Crippen LogP contribution in [-0.4, -0.2) is 85.0 Å². The van der Waals surface area contributed by atoms with Crippen LogP contribution in [-0.2, 0) is 0 Å². The molecule has 1 atom stereocenters. The number of rotatable bonds is 3. The van der Waals surface area contributed by atoms with E-state index >= 15 is 0 Å². The highest BCUT2D eigenvalue weighted by atomic mass is 16.3. The van der Waals surface area contributed by atoms with E-state index in [0.29, 0.717) is 6.04 Å². The van der Waals surface area contributed by atoms with E-state index < -0.39 is 0 Å². The zero-order chi connectivity index (χ0) is 11.4. The number of aliphatic hydroxyl groups excluding tert-OH is 1. The van der Waals surface area contributed by atoms with E-state index in [4.69, 9.17) is 5.11 Å². The van der Waals surface area contributed by atoms with E-state index in [1.165, 1.54) is 0 Å². The Labute approximate surface area is 98.0 Å². The fourth-order valence-electron chi connectivity index (χ4n) is 2.61. The topological polar surface area (TPSA) is 42.0 Å². The molecule has 0 bridgehead atoms. The Balaban J connectivity index is 1.79. The van der Waals surface area contributed by atoms with Crippen LogP contribution in [0.2, 0.25) is 0 Å². The quantitative estimate of drug-likeness (QED) is 0.635. The fraction of sp³-hybridized carbons (Fsp3) is 1.00. The van der Waals surface area contributed by atoms with Crippen LogP contribution < -0.4 is 5.32 Å². The second-order valence-corrected chi connectivity index (χ2v) is 4.74. The molecule has 5 heteroatoms. The predicted molar refractivity (Wildman–Crippen MR) is 64.1 cm³/mol. The van der Waals surface area contributed by atoms with Gasteiger partial charge in [0, 0.05) is 58.4 Å². The van der Waals surface area contributed by atoms with Crippen LogP contribution in [0.15, 0.2) is 0 Å². The van der Waals surface area contributed by atoms with Crippen LogP contribution in [0.5, 0.6) is 0 Å². The molecule has 0 radical (unpaired) electrons. The Bertz CT molecular complexity index is 206. The lowest BCUT2D eigenvalue weighted by Crippen LogP contribution is -2.61. The number of piperazine rings is 2. The van der Waals surface area contributed by atoms with E-state index in [9.17, 15) is 0 Å². The lowest BCUT2D eigenvalue weighted by atomic mass is 10.2. The maximum absolute atomic E-state index is 8.90. The van der Waals surface area contributed by atoms with Gasteiger partial charge in [0.1, 0.15) is 0 Å². The average molecular weight is 228 g/mol. The van der Waals surface area contributed by atoms with Crippen LogP contribution in [0.3, 0.4) is 0 Å². The molecule has 1 unspecified atom stereocenters. The van der Waals surface area contributed by atoms with Gasteiger partial charge in [0.15, 0.2) is 0 Å². The minimum absolute atomic E-state index is 0.282. The molecule has 2 heterocycles. The van der Waals surface area contributed by atoms with Gasteiger partial charge in [-0.15, -0.1) is 0 Å². The normalized spacial score (nSPS) is 30.8. The van der Waals surface area contributed by atoms with Crippen molar-refractivity contribution in [2.24, 2.45) is 0 Å². The summed E-state index contributed by atoms with van der Waals surface area (Å²) in [5.74, 6) is 0. The van der Waals surface area contributed by atoms with Crippen LogP contribution >= 0.6 is 0 Å². The van der Waals surface area contributed by atoms with Crippen LogP contribution in [0.4, 0.5) is 0 Å². The summed E-state index contributed by atoms with van der Waals surface area (Å²) in [4.78, 5) is 2.34. The van der Waals surface area contributed by atoms with Gasteiger partial charge < -0.3 is 10.4 Å². The minimum atomic E-state index is 0.282. The molecule has 2 aliphatic heterocycles. The zero-order valence-electron chi connectivity index (χ0n) is 10.2. The van der Waals surface area contributed by atoms with Gasteiger partial charge >= 0.3 is 0 Å². The Morgan fingerprint density at radius 2 is 1.94 bits per heavy atom. The molecule has 0 aromatic heterocycles. The molecule has 0 spiro atoms. The van der Waals surface area contributed by atoms with Crippen molar-refractivity contribution in [1.82, 2.24) is 20.2 Å². The third kappa shape index (κ3) is 2.93. The number of nitrogens with zero attached hydrogens (tertiary/aromatic N) is 3. The van der Waals surface area contributed by atoms with Gasteiger partial charge in [-0.3, -0.25) is 4.90 Å². The van der Waals surface area contributed by atoms with Gasteiger partial charge in [0.25, 0.3) is 0 Å². The van der Waals surface area contributed by atoms with Crippen molar-refractivity contribution < 1.29 is 5.11 Å². The minimum Gasteiger partial charge on any atom is -0.395 e. The summed E-state index contributed by atoms with van der Waals surface area (Å²) in [6.45, 7) is 11.1. The Morgan fingerprint density at radius 3 is 2.56 bits per heavy atom. The monoisotopic (exact) mass is 228 g/mol. The van der Waals surface area contributed by atoms with Crippen LogP contribution in [0.25, 0.3) is 0 Å². The smallest absolute Gasteiger partial charge is 0.0558 e. The Morgan fingerprint density at radius 1 is 1.19 bits per heavy atom. The van der Waals surface area contributed by atoms with Crippen molar-refractivity contribution in [3.8, 4) is 0 Å². The highest BCUT2D eigenvalue weighted by Gasteiger charge is 2.26. The SMILES string of the molecule is CC1CNCCN1N1CCN(CCO)CC1. The third-order valence-electron chi connectivity index (χ3n) is 3.59. The zero-order valence-corrected chi connectivity index (χ0v) is 10.2.